The van der Waals surface area contributed by atoms with Gasteiger partial charge in [-0.15, -0.1) is 0 Å². The molecule has 1 aliphatic heterocycles. The van der Waals surface area contributed by atoms with Crippen LogP contribution in [0.15, 0.2) is 23.3 Å². The summed E-state index contributed by atoms with van der Waals surface area (Å²) in [5, 5.41) is 0. The van der Waals surface area contributed by atoms with Gasteiger partial charge in [0.05, 0.1) is 0 Å². The van der Waals surface area contributed by atoms with E-state index in [9.17, 15) is 0 Å². The van der Waals surface area contributed by atoms with Crippen LogP contribution < -0.4 is 0 Å². The second-order valence-electron chi connectivity index (χ2n) is 10.5. The molecule has 0 aromatic heterocycles. The minimum Gasteiger partial charge on any atom is -0.303 e. The third kappa shape index (κ3) is 2.05. The van der Waals surface area contributed by atoms with Crippen molar-refractivity contribution in [2.45, 2.75) is 78.2 Å². The Hall–Kier alpha value is -0.560. The van der Waals surface area contributed by atoms with E-state index in [1.54, 1.807) is 5.57 Å². The Morgan fingerprint density at radius 3 is 2.72 bits per heavy atom. The fourth-order valence-corrected chi connectivity index (χ4v) is 8.58. The highest BCUT2D eigenvalue weighted by molar-refractivity contribution is 5.31. The molecule has 138 valence electrons. The monoisotopic (exact) mass is 339 g/mol. The number of hydrogen-bond acceptors (Lipinski definition) is 1. The maximum absolute atomic E-state index is 2.72. The molecule has 3 saturated carbocycles. The first-order valence-corrected chi connectivity index (χ1v) is 11.0. The van der Waals surface area contributed by atoms with Crippen molar-refractivity contribution in [2.75, 3.05) is 13.6 Å². The van der Waals surface area contributed by atoms with Crippen LogP contribution in [0.25, 0.3) is 0 Å². The van der Waals surface area contributed by atoms with Crippen LogP contribution in [0, 0.1) is 34.5 Å². The van der Waals surface area contributed by atoms with E-state index >= 15 is 0 Å². The van der Waals surface area contributed by atoms with Crippen LogP contribution in [0.4, 0.5) is 0 Å². The lowest BCUT2D eigenvalue weighted by molar-refractivity contribution is -0.0364. The molecule has 4 aliphatic carbocycles. The van der Waals surface area contributed by atoms with Gasteiger partial charge in [-0.25, -0.2) is 0 Å². The zero-order valence-electron chi connectivity index (χ0n) is 16.9. The number of fused-ring (bicyclic) bond motifs is 4. The summed E-state index contributed by atoms with van der Waals surface area (Å²) in [4.78, 5) is 2.70. The Morgan fingerprint density at radius 1 is 1.12 bits per heavy atom. The molecule has 1 saturated heterocycles. The molecule has 0 bridgehead atoms. The number of nitrogens with zero attached hydrogens (tertiary/aromatic N) is 1. The molecular formula is C24H37N. The minimum atomic E-state index is 0.519. The average molecular weight is 340 g/mol. The summed E-state index contributed by atoms with van der Waals surface area (Å²) in [5.41, 5.74) is 4.71. The molecule has 0 N–H and O–H groups in total. The van der Waals surface area contributed by atoms with E-state index in [0.717, 1.165) is 29.7 Å². The van der Waals surface area contributed by atoms with E-state index in [-0.39, 0.29) is 0 Å². The summed E-state index contributed by atoms with van der Waals surface area (Å²) < 4.78 is 0. The Kier molecular flexibility index (Phi) is 3.63. The topological polar surface area (TPSA) is 3.24 Å². The first kappa shape index (κ1) is 16.6. The molecule has 1 heteroatoms. The second-order valence-corrected chi connectivity index (χ2v) is 10.5. The largest absolute Gasteiger partial charge is 0.303 e. The summed E-state index contributed by atoms with van der Waals surface area (Å²) in [6, 6.07) is 0.818. The Bertz CT molecular complexity index is 630. The average Bonchev–Trinajstić information content (AvgIpc) is 3.09. The SMILES string of the molecule is C/C=C1\CC[C@@]2(C)C(=CC[C@H]3[C@@H]4CC[C@@H]5[C@H](C)N(C)C[C@@]54CC[C@@H]32)C1. The van der Waals surface area contributed by atoms with Crippen molar-refractivity contribution in [2.24, 2.45) is 34.5 Å². The standard InChI is InChI=1S/C24H37N/c1-5-17-10-12-23(3)18(14-17)6-7-19-21(23)11-13-24-15-25(4)16(2)20(24)8-9-22(19)24/h5-6,16,19-22H,7-15H2,1-4H3/b17-5+/t16-,19+,20+,21-,22-,23-,24-/m0/s1. The first-order valence-electron chi connectivity index (χ1n) is 11.0. The van der Waals surface area contributed by atoms with E-state index in [2.05, 4.69) is 44.9 Å². The predicted octanol–water partition coefficient (Wildman–Crippen LogP) is 5.83. The van der Waals surface area contributed by atoms with Gasteiger partial charge in [-0.05, 0) is 107 Å². The Morgan fingerprint density at radius 2 is 1.92 bits per heavy atom. The molecular weight excluding hydrogens is 302 g/mol. The van der Waals surface area contributed by atoms with Gasteiger partial charge in [0.25, 0.3) is 0 Å². The zero-order chi connectivity index (χ0) is 17.4. The third-order valence-electron chi connectivity index (χ3n) is 10.0. The molecule has 25 heavy (non-hydrogen) atoms. The summed E-state index contributed by atoms with van der Waals surface area (Å²) in [5.74, 6) is 3.96. The van der Waals surface area contributed by atoms with Crippen LogP contribution in [0.1, 0.15) is 72.1 Å². The molecule has 1 heterocycles. The number of hydrogen-bond donors (Lipinski definition) is 0. The zero-order valence-corrected chi connectivity index (χ0v) is 16.9. The van der Waals surface area contributed by atoms with Gasteiger partial charge in [-0.2, -0.15) is 0 Å². The summed E-state index contributed by atoms with van der Waals surface area (Å²) in [6.45, 7) is 8.79. The molecule has 1 nitrogen and oxygen atoms in total. The molecule has 0 amide bonds. The van der Waals surface area contributed by atoms with Gasteiger partial charge in [0.15, 0.2) is 0 Å². The van der Waals surface area contributed by atoms with E-state index in [1.807, 2.05) is 5.57 Å². The molecule has 0 aromatic rings. The maximum Gasteiger partial charge on any atom is 0.00982 e. The molecule has 0 aromatic carbocycles. The van der Waals surface area contributed by atoms with Crippen molar-refractivity contribution < 1.29 is 0 Å². The lowest BCUT2D eigenvalue weighted by atomic mass is 9.47. The molecule has 0 radical (unpaired) electrons. The van der Waals surface area contributed by atoms with E-state index in [0.29, 0.717) is 10.8 Å². The number of likely N-dealkylation sites (tertiary alicyclic amines) is 1. The second kappa shape index (κ2) is 5.47. The van der Waals surface area contributed by atoms with E-state index in [1.165, 1.54) is 57.9 Å². The van der Waals surface area contributed by atoms with Gasteiger partial charge in [-0.1, -0.05) is 30.2 Å². The summed E-state index contributed by atoms with van der Waals surface area (Å²) >= 11 is 0. The van der Waals surface area contributed by atoms with Crippen LogP contribution in [-0.2, 0) is 0 Å². The molecule has 7 atom stereocenters. The van der Waals surface area contributed by atoms with Crippen molar-refractivity contribution in [1.82, 2.24) is 4.90 Å². The van der Waals surface area contributed by atoms with Gasteiger partial charge >= 0.3 is 0 Å². The van der Waals surface area contributed by atoms with Crippen molar-refractivity contribution >= 4 is 0 Å². The van der Waals surface area contributed by atoms with Gasteiger partial charge < -0.3 is 4.90 Å². The highest BCUT2D eigenvalue weighted by Gasteiger charge is 2.63. The minimum absolute atomic E-state index is 0.519. The highest BCUT2D eigenvalue weighted by atomic mass is 15.2. The van der Waals surface area contributed by atoms with Crippen LogP contribution in [0.2, 0.25) is 0 Å². The third-order valence-corrected chi connectivity index (χ3v) is 10.0. The molecule has 1 spiro atoms. The van der Waals surface area contributed by atoms with Crippen molar-refractivity contribution in [3.63, 3.8) is 0 Å². The first-order chi connectivity index (χ1) is 12.0. The normalized spacial score (nSPS) is 53.8. The van der Waals surface area contributed by atoms with Crippen LogP contribution in [0.5, 0.6) is 0 Å². The summed E-state index contributed by atoms with van der Waals surface area (Å²) in [7, 11) is 2.39. The smallest absolute Gasteiger partial charge is 0.00982 e. The van der Waals surface area contributed by atoms with Crippen LogP contribution >= 0.6 is 0 Å². The van der Waals surface area contributed by atoms with E-state index < -0.39 is 0 Å². The molecule has 4 fully saturated rings. The van der Waals surface area contributed by atoms with Crippen molar-refractivity contribution in [3.8, 4) is 0 Å². The quantitative estimate of drug-likeness (QED) is 0.502. The fraction of sp³-hybridized carbons (Fsp3) is 0.833. The van der Waals surface area contributed by atoms with E-state index in [4.69, 9.17) is 0 Å². The Labute approximate surface area is 154 Å². The van der Waals surface area contributed by atoms with Crippen molar-refractivity contribution in [1.29, 1.82) is 0 Å². The predicted molar refractivity (Wildman–Crippen MR) is 105 cm³/mol. The number of allylic oxidation sites excluding steroid dienone is 4. The van der Waals surface area contributed by atoms with Gasteiger partial charge in [0.1, 0.15) is 0 Å². The Balaban J connectivity index is 1.49. The van der Waals surface area contributed by atoms with Gasteiger partial charge in [0, 0.05) is 12.6 Å². The fourth-order valence-electron chi connectivity index (χ4n) is 8.58. The highest BCUT2D eigenvalue weighted by Crippen LogP contribution is 2.68. The van der Waals surface area contributed by atoms with Crippen LogP contribution in [-0.4, -0.2) is 24.5 Å². The molecule has 5 aliphatic rings. The summed E-state index contributed by atoms with van der Waals surface area (Å²) in [6.07, 6.45) is 16.6. The lowest BCUT2D eigenvalue weighted by Crippen LogP contribution is -2.51. The number of rotatable bonds is 0. The van der Waals surface area contributed by atoms with Crippen LogP contribution in [0.3, 0.4) is 0 Å². The maximum atomic E-state index is 2.72. The van der Waals surface area contributed by atoms with Crippen molar-refractivity contribution in [3.05, 3.63) is 23.3 Å². The van der Waals surface area contributed by atoms with Gasteiger partial charge in [0.2, 0.25) is 0 Å². The van der Waals surface area contributed by atoms with Gasteiger partial charge in [-0.3, -0.25) is 0 Å². The lowest BCUT2D eigenvalue weighted by Gasteiger charge is -2.57. The molecule has 5 rings (SSSR count). The molecule has 0 unspecified atom stereocenters.